The second kappa shape index (κ2) is 4.60. The average molecular weight is 225 g/mol. The number of thiazole rings is 1. The SMILES string of the molecule is CCCN1CC[C@H](N)[C@H]1c1scnc1C. The van der Waals surface area contributed by atoms with E-state index in [2.05, 4.69) is 23.7 Å². The summed E-state index contributed by atoms with van der Waals surface area (Å²) in [6, 6.07) is 0.702. The molecule has 1 aromatic heterocycles. The van der Waals surface area contributed by atoms with Gasteiger partial charge in [-0.2, -0.15) is 0 Å². The number of aryl methyl sites for hydroxylation is 1. The van der Waals surface area contributed by atoms with Crippen LogP contribution in [0, 0.1) is 6.92 Å². The van der Waals surface area contributed by atoms with Crippen molar-refractivity contribution < 1.29 is 0 Å². The highest BCUT2D eigenvalue weighted by Gasteiger charge is 2.34. The normalized spacial score (nSPS) is 27.4. The molecule has 0 amide bonds. The molecule has 2 heterocycles. The molecule has 0 aliphatic carbocycles. The van der Waals surface area contributed by atoms with Crippen molar-refractivity contribution in [1.82, 2.24) is 9.88 Å². The second-order valence-corrected chi connectivity index (χ2v) is 5.12. The smallest absolute Gasteiger partial charge is 0.0798 e. The Kier molecular flexibility index (Phi) is 3.38. The quantitative estimate of drug-likeness (QED) is 0.854. The van der Waals surface area contributed by atoms with Crippen LogP contribution in [0.1, 0.15) is 36.4 Å². The third-order valence-corrected chi connectivity index (χ3v) is 4.11. The minimum atomic E-state index is 0.288. The fourth-order valence-electron chi connectivity index (χ4n) is 2.38. The van der Waals surface area contributed by atoms with Gasteiger partial charge in [0.2, 0.25) is 0 Å². The van der Waals surface area contributed by atoms with Gasteiger partial charge < -0.3 is 5.73 Å². The lowest BCUT2D eigenvalue weighted by atomic mass is 10.1. The molecule has 3 nitrogen and oxygen atoms in total. The first-order chi connectivity index (χ1) is 7.24. The van der Waals surface area contributed by atoms with Crippen molar-refractivity contribution in [2.75, 3.05) is 13.1 Å². The van der Waals surface area contributed by atoms with E-state index in [4.69, 9.17) is 5.73 Å². The Bertz CT molecular complexity index is 321. The van der Waals surface area contributed by atoms with Gasteiger partial charge >= 0.3 is 0 Å². The Hall–Kier alpha value is -0.450. The van der Waals surface area contributed by atoms with E-state index in [9.17, 15) is 0 Å². The molecule has 0 unspecified atom stereocenters. The molecule has 0 radical (unpaired) electrons. The third-order valence-electron chi connectivity index (χ3n) is 3.11. The van der Waals surface area contributed by atoms with E-state index < -0.39 is 0 Å². The van der Waals surface area contributed by atoms with Crippen LogP contribution in [0.5, 0.6) is 0 Å². The predicted molar refractivity (Wildman–Crippen MR) is 64.0 cm³/mol. The summed E-state index contributed by atoms with van der Waals surface area (Å²) in [6.07, 6.45) is 2.31. The van der Waals surface area contributed by atoms with Crippen molar-refractivity contribution in [2.24, 2.45) is 5.73 Å². The van der Waals surface area contributed by atoms with Crippen LogP contribution in [0.2, 0.25) is 0 Å². The lowest BCUT2D eigenvalue weighted by Gasteiger charge is -2.25. The average Bonchev–Trinajstić information content (AvgIpc) is 2.75. The molecule has 1 fully saturated rings. The van der Waals surface area contributed by atoms with E-state index in [1.165, 1.54) is 11.3 Å². The van der Waals surface area contributed by atoms with Crippen LogP contribution in [0.4, 0.5) is 0 Å². The molecule has 84 valence electrons. The number of likely N-dealkylation sites (tertiary alicyclic amines) is 1. The molecule has 1 aliphatic heterocycles. The highest BCUT2D eigenvalue weighted by Crippen LogP contribution is 2.34. The first-order valence-corrected chi connectivity index (χ1v) is 6.51. The highest BCUT2D eigenvalue weighted by atomic mass is 32.1. The van der Waals surface area contributed by atoms with Crippen molar-refractivity contribution in [1.29, 1.82) is 0 Å². The summed E-state index contributed by atoms with van der Waals surface area (Å²) in [5, 5.41) is 0. The van der Waals surface area contributed by atoms with Gasteiger partial charge in [-0.05, 0) is 26.3 Å². The molecule has 0 saturated carbocycles. The standard InChI is InChI=1S/C11H19N3S/c1-3-5-14-6-4-9(12)10(14)11-8(2)13-7-15-11/h7,9-10H,3-6,12H2,1-2H3/t9-,10-/m0/s1. The Morgan fingerprint density at radius 2 is 2.47 bits per heavy atom. The maximum absolute atomic E-state index is 6.20. The molecule has 2 atom stereocenters. The van der Waals surface area contributed by atoms with E-state index >= 15 is 0 Å². The Balaban J connectivity index is 2.21. The number of aromatic nitrogens is 1. The molecule has 1 aromatic rings. The van der Waals surface area contributed by atoms with Crippen LogP contribution in [0.3, 0.4) is 0 Å². The van der Waals surface area contributed by atoms with Crippen molar-refractivity contribution >= 4 is 11.3 Å². The summed E-state index contributed by atoms with van der Waals surface area (Å²) < 4.78 is 0. The summed E-state index contributed by atoms with van der Waals surface area (Å²) in [7, 11) is 0. The van der Waals surface area contributed by atoms with Gasteiger partial charge in [-0.3, -0.25) is 4.90 Å². The van der Waals surface area contributed by atoms with Crippen LogP contribution in [0.25, 0.3) is 0 Å². The third kappa shape index (κ3) is 2.07. The van der Waals surface area contributed by atoms with E-state index in [-0.39, 0.29) is 6.04 Å². The highest BCUT2D eigenvalue weighted by molar-refractivity contribution is 7.09. The van der Waals surface area contributed by atoms with Crippen LogP contribution < -0.4 is 5.73 Å². The molecule has 4 heteroatoms. The molecule has 0 bridgehead atoms. The van der Waals surface area contributed by atoms with Crippen LogP contribution in [-0.2, 0) is 0 Å². The fraction of sp³-hybridized carbons (Fsp3) is 0.727. The fourth-order valence-corrected chi connectivity index (χ4v) is 3.39. The molecule has 2 rings (SSSR count). The van der Waals surface area contributed by atoms with Crippen molar-refractivity contribution in [3.05, 3.63) is 16.1 Å². The van der Waals surface area contributed by atoms with Crippen molar-refractivity contribution in [3.8, 4) is 0 Å². The molecule has 0 aromatic carbocycles. The van der Waals surface area contributed by atoms with Gasteiger partial charge in [0, 0.05) is 17.5 Å². The number of hydrogen-bond acceptors (Lipinski definition) is 4. The Labute approximate surface area is 95.3 Å². The van der Waals surface area contributed by atoms with Gasteiger partial charge in [0.05, 0.1) is 17.2 Å². The van der Waals surface area contributed by atoms with E-state index in [1.807, 2.05) is 5.51 Å². The van der Waals surface area contributed by atoms with E-state index in [0.29, 0.717) is 6.04 Å². The number of hydrogen-bond donors (Lipinski definition) is 1. The second-order valence-electron chi connectivity index (χ2n) is 4.24. The van der Waals surface area contributed by atoms with Gasteiger partial charge in [-0.1, -0.05) is 6.92 Å². The molecule has 2 N–H and O–H groups in total. The van der Waals surface area contributed by atoms with Crippen molar-refractivity contribution in [3.63, 3.8) is 0 Å². The topological polar surface area (TPSA) is 42.1 Å². The van der Waals surface area contributed by atoms with Crippen LogP contribution in [-0.4, -0.2) is 29.0 Å². The maximum Gasteiger partial charge on any atom is 0.0798 e. The molecule has 1 saturated heterocycles. The predicted octanol–water partition coefficient (Wildman–Crippen LogP) is 1.94. The summed E-state index contributed by atoms with van der Waals surface area (Å²) in [5.41, 5.74) is 9.28. The summed E-state index contributed by atoms with van der Waals surface area (Å²) in [4.78, 5) is 8.20. The monoisotopic (exact) mass is 225 g/mol. The first-order valence-electron chi connectivity index (χ1n) is 5.63. The molecular weight excluding hydrogens is 206 g/mol. The Morgan fingerprint density at radius 1 is 1.67 bits per heavy atom. The van der Waals surface area contributed by atoms with Gasteiger partial charge in [-0.25, -0.2) is 4.98 Å². The van der Waals surface area contributed by atoms with Gasteiger partial charge in [0.15, 0.2) is 0 Å². The molecule has 15 heavy (non-hydrogen) atoms. The van der Waals surface area contributed by atoms with Gasteiger partial charge in [0.25, 0.3) is 0 Å². The van der Waals surface area contributed by atoms with E-state index in [0.717, 1.165) is 25.2 Å². The van der Waals surface area contributed by atoms with Crippen LogP contribution >= 0.6 is 11.3 Å². The zero-order valence-corrected chi connectivity index (χ0v) is 10.3. The molecular formula is C11H19N3S. The minimum Gasteiger partial charge on any atom is -0.326 e. The zero-order chi connectivity index (χ0) is 10.8. The molecule has 1 aliphatic rings. The minimum absolute atomic E-state index is 0.288. The summed E-state index contributed by atoms with van der Waals surface area (Å²) in [6.45, 7) is 6.59. The van der Waals surface area contributed by atoms with Gasteiger partial charge in [0.1, 0.15) is 0 Å². The lowest BCUT2D eigenvalue weighted by Crippen LogP contribution is -2.32. The zero-order valence-electron chi connectivity index (χ0n) is 9.44. The Morgan fingerprint density at radius 3 is 3.07 bits per heavy atom. The van der Waals surface area contributed by atoms with Crippen LogP contribution in [0.15, 0.2) is 5.51 Å². The number of nitrogens with two attached hydrogens (primary N) is 1. The summed E-state index contributed by atoms with van der Waals surface area (Å²) >= 11 is 1.75. The number of rotatable bonds is 3. The maximum atomic E-state index is 6.20. The largest absolute Gasteiger partial charge is 0.326 e. The van der Waals surface area contributed by atoms with E-state index in [1.54, 1.807) is 11.3 Å². The number of nitrogens with zero attached hydrogens (tertiary/aromatic N) is 2. The molecule has 0 spiro atoms. The summed E-state index contributed by atoms with van der Waals surface area (Å²) in [5.74, 6) is 0. The van der Waals surface area contributed by atoms with Crippen molar-refractivity contribution in [2.45, 2.75) is 38.8 Å². The lowest BCUT2D eigenvalue weighted by molar-refractivity contribution is 0.250. The first kappa shape index (κ1) is 11.0. The van der Waals surface area contributed by atoms with Gasteiger partial charge in [-0.15, -0.1) is 11.3 Å².